The van der Waals surface area contributed by atoms with Crippen LogP contribution < -0.4 is 10.1 Å². The maximum absolute atomic E-state index is 5.24. The SMILES string of the molecule is CCNCc1cncc(-c2ccc(OC)cc2C)c1. The molecule has 2 rings (SSSR count). The fourth-order valence-corrected chi connectivity index (χ4v) is 2.09. The number of nitrogens with zero attached hydrogens (tertiary/aromatic N) is 1. The molecule has 1 aromatic heterocycles. The first-order valence-electron chi connectivity index (χ1n) is 6.54. The molecule has 1 N–H and O–H groups in total. The molecule has 0 bridgehead atoms. The third kappa shape index (κ3) is 3.32. The molecule has 0 saturated carbocycles. The van der Waals surface area contributed by atoms with Crippen LogP contribution in [0, 0.1) is 6.92 Å². The van der Waals surface area contributed by atoms with E-state index in [2.05, 4.69) is 36.3 Å². The largest absolute Gasteiger partial charge is 0.497 e. The van der Waals surface area contributed by atoms with Crippen molar-refractivity contribution in [2.24, 2.45) is 0 Å². The summed E-state index contributed by atoms with van der Waals surface area (Å²) >= 11 is 0. The Balaban J connectivity index is 2.30. The Kier molecular flexibility index (Phi) is 4.53. The molecule has 0 aliphatic carbocycles. The van der Waals surface area contributed by atoms with Gasteiger partial charge in [-0.05, 0) is 48.4 Å². The first kappa shape index (κ1) is 13.6. The van der Waals surface area contributed by atoms with Gasteiger partial charge in [-0.1, -0.05) is 13.0 Å². The highest BCUT2D eigenvalue weighted by molar-refractivity contribution is 5.67. The predicted molar refractivity (Wildman–Crippen MR) is 78.3 cm³/mol. The molecule has 1 heterocycles. The molecule has 0 radical (unpaired) electrons. The van der Waals surface area contributed by atoms with Crippen LogP contribution in [-0.2, 0) is 6.54 Å². The molecule has 0 fully saturated rings. The molecule has 0 unspecified atom stereocenters. The van der Waals surface area contributed by atoms with Gasteiger partial charge in [0.25, 0.3) is 0 Å². The van der Waals surface area contributed by atoms with Gasteiger partial charge in [0.15, 0.2) is 0 Å². The maximum Gasteiger partial charge on any atom is 0.119 e. The zero-order valence-electron chi connectivity index (χ0n) is 11.7. The molecule has 2 aromatic rings. The van der Waals surface area contributed by atoms with Gasteiger partial charge in [0.1, 0.15) is 5.75 Å². The predicted octanol–water partition coefficient (Wildman–Crippen LogP) is 3.18. The zero-order valence-corrected chi connectivity index (χ0v) is 11.7. The van der Waals surface area contributed by atoms with Crippen LogP contribution in [0.1, 0.15) is 18.1 Å². The molecule has 0 atom stereocenters. The molecule has 0 amide bonds. The number of methoxy groups -OCH3 is 1. The lowest BCUT2D eigenvalue weighted by atomic mass is 10.0. The van der Waals surface area contributed by atoms with Gasteiger partial charge in [-0.3, -0.25) is 4.98 Å². The van der Waals surface area contributed by atoms with Crippen molar-refractivity contribution in [2.75, 3.05) is 13.7 Å². The normalized spacial score (nSPS) is 10.5. The topological polar surface area (TPSA) is 34.2 Å². The minimum absolute atomic E-state index is 0.854. The van der Waals surface area contributed by atoms with Crippen LogP contribution in [0.3, 0.4) is 0 Å². The Bertz CT molecular complexity index is 552. The van der Waals surface area contributed by atoms with Crippen molar-refractivity contribution < 1.29 is 4.74 Å². The summed E-state index contributed by atoms with van der Waals surface area (Å²) in [5.74, 6) is 0.887. The summed E-state index contributed by atoms with van der Waals surface area (Å²) in [4.78, 5) is 4.33. The third-order valence-electron chi connectivity index (χ3n) is 3.12. The Morgan fingerprint density at radius 2 is 2.05 bits per heavy atom. The van der Waals surface area contributed by atoms with Crippen molar-refractivity contribution in [1.29, 1.82) is 0 Å². The van der Waals surface area contributed by atoms with E-state index in [1.165, 1.54) is 16.7 Å². The first-order valence-corrected chi connectivity index (χ1v) is 6.54. The van der Waals surface area contributed by atoms with Crippen molar-refractivity contribution >= 4 is 0 Å². The number of benzene rings is 1. The summed E-state index contributed by atoms with van der Waals surface area (Å²) < 4.78 is 5.24. The Morgan fingerprint density at radius 3 is 2.74 bits per heavy atom. The number of hydrogen-bond acceptors (Lipinski definition) is 3. The number of aromatic nitrogens is 1. The summed E-state index contributed by atoms with van der Waals surface area (Å²) in [6.45, 7) is 6.01. The lowest BCUT2D eigenvalue weighted by molar-refractivity contribution is 0.414. The summed E-state index contributed by atoms with van der Waals surface area (Å²) in [6.07, 6.45) is 3.81. The summed E-state index contributed by atoms with van der Waals surface area (Å²) in [5, 5.41) is 3.32. The van der Waals surface area contributed by atoms with Crippen LogP contribution in [0.4, 0.5) is 0 Å². The van der Waals surface area contributed by atoms with Gasteiger partial charge in [0.05, 0.1) is 7.11 Å². The van der Waals surface area contributed by atoms with E-state index in [0.29, 0.717) is 0 Å². The number of nitrogens with one attached hydrogen (secondary N) is 1. The quantitative estimate of drug-likeness (QED) is 0.892. The highest BCUT2D eigenvalue weighted by Crippen LogP contribution is 2.26. The van der Waals surface area contributed by atoms with Crippen LogP contribution in [0.2, 0.25) is 0 Å². The fraction of sp³-hybridized carbons (Fsp3) is 0.312. The maximum atomic E-state index is 5.24. The van der Waals surface area contributed by atoms with E-state index in [1.807, 2.05) is 24.5 Å². The molecule has 1 aromatic carbocycles. The Morgan fingerprint density at radius 1 is 1.21 bits per heavy atom. The van der Waals surface area contributed by atoms with Gasteiger partial charge in [0.2, 0.25) is 0 Å². The highest BCUT2D eigenvalue weighted by atomic mass is 16.5. The van der Waals surface area contributed by atoms with Gasteiger partial charge >= 0.3 is 0 Å². The zero-order chi connectivity index (χ0) is 13.7. The van der Waals surface area contributed by atoms with Gasteiger partial charge in [-0.2, -0.15) is 0 Å². The number of aryl methyl sites for hydroxylation is 1. The van der Waals surface area contributed by atoms with Crippen molar-refractivity contribution in [1.82, 2.24) is 10.3 Å². The van der Waals surface area contributed by atoms with Gasteiger partial charge in [-0.15, -0.1) is 0 Å². The number of pyridine rings is 1. The first-order chi connectivity index (χ1) is 9.24. The minimum atomic E-state index is 0.854. The van der Waals surface area contributed by atoms with E-state index in [0.717, 1.165) is 24.4 Å². The second-order valence-electron chi connectivity index (χ2n) is 4.54. The molecule has 3 heteroatoms. The van der Waals surface area contributed by atoms with Crippen molar-refractivity contribution in [3.8, 4) is 16.9 Å². The van der Waals surface area contributed by atoms with E-state index in [1.54, 1.807) is 7.11 Å². The highest BCUT2D eigenvalue weighted by Gasteiger charge is 2.05. The molecule has 19 heavy (non-hydrogen) atoms. The second-order valence-corrected chi connectivity index (χ2v) is 4.54. The fourth-order valence-electron chi connectivity index (χ4n) is 2.09. The molecule has 0 aliphatic rings. The number of ether oxygens (including phenoxy) is 1. The van der Waals surface area contributed by atoms with Crippen LogP contribution in [0.25, 0.3) is 11.1 Å². The molecule has 3 nitrogen and oxygen atoms in total. The monoisotopic (exact) mass is 256 g/mol. The Hall–Kier alpha value is -1.87. The molecule has 100 valence electrons. The number of hydrogen-bond donors (Lipinski definition) is 1. The van der Waals surface area contributed by atoms with Crippen molar-refractivity contribution in [3.05, 3.63) is 47.8 Å². The lowest BCUT2D eigenvalue weighted by Gasteiger charge is -2.09. The van der Waals surface area contributed by atoms with Gasteiger partial charge < -0.3 is 10.1 Å². The Labute approximate surface area is 114 Å². The summed E-state index contributed by atoms with van der Waals surface area (Å²) in [6, 6.07) is 8.30. The van der Waals surface area contributed by atoms with Crippen LogP contribution in [-0.4, -0.2) is 18.6 Å². The van der Waals surface area contributed by atoms with Gasteiger partial charge in [-0.25, -0.2) is 0 Å². The third-order valence-corrected chi connectivity index (χ3v) is 3.12. The summed E-state index contributed by atoms with van der Waals surface area (Å²) in [5.41, 5.74) is 4.75. The van der Waals surface area contributed by atoms with E-state index >= 15 is 0 Å². The molecule has 0 aliphatic heterocycles. The molecular formula is C16H20N2O. The van der Waals surface area contributed by atoms with E-state index in [4.69, 9.17) is 4.74 Å². The average molecular weight is 256 g/mol. The smallest absolute Gasteiger partial charge is 0.119 e. The summed E-state index contributed by atoms with van der Waals surface area (Å²) in [7, 11) is 1.69. The number of rotatable bonds is 5. The van der Waals surface area contributed by atoms with E-state index in [9.17, 15) is 0 Å². The van der Waals surface area contributed by atoms with Crippen molar-refractivity contribution in [2.45, 2.75) is 20.4 Å². The van der Waals surface area contributed by atoms with E-state index < -0.39 is 0 Å². The van der Waals surface area contributed by atoms with E-state index in [-0.39, 0.29) is 0 Å². The molecule has 0 saturated heterocycles. The van der Waals surface area contributed by atoms with Crippen LogP contribution >= 0.6 is 0 Å². The minimum Gasteiger partial charge on any atom is -0.497 e. The molecular weight excluding hydrogens is 236 g/mol. The van der Waals surface area contributed by atoms with Gasteiger partial charge in [0, 0.05) is 24.5 Å². The van der Waals surface area contributed by atoms with Crippen LogP contribution in [0.5, 0.6) is 5.75 Å². The average Bonchev–Trinajstić information content (AvgIpc) is 2.45. The van der Waals surface area contributed by atoms with Crippen molar-refractivity contribution in [3.63, 3.8) is 0 Å². The van der Waals surface area contributed by atoms with Crippen LogP contribution in [0.15, 0.2) is 36.7 Å². The second kappa shape index (κ2) is 6.34. The lowest BCUT2D eigenvalue weighted by Crippen LogP contribution is -2.11. The molecule has 0 spiro atoms. The standard InChI is InChI=1S/C16H20N2O/c1-4-17-9-13-8-14(11-18-10-13)16-6-5-15(19-3)7-12(16)2/h5-8,10-11,17H,4,9H2,1-3H3.